The number of aromatic nitrogens is 1. The van der Waals surface area contributed by atoms with Crippen LogP contribution in [0.25, 0.3) is 11.1 Å². The maximum atomic E-state index is 12.0. The highest BCUT2D eigenvalue weighted by Gasteiger charge is 2.25. The number of benzene rings is 1. The van der Waals surface area contributed by atoms with Gasteiger partial charge in [-0.2, -0.15) is 4.98 Å². The number of hydrogen-bond donors (Lipinski definition) is 0. The van der Waals surface area contributed by atoms with Crippen molar-refractivity contribution < 1.29 is 9.21 Å². The minimum atomic E-state index is 0.0610. The first kappa shape index (κ1) is 16.3. The van der Waals surface area contributed by atoms with E-state index in [1.165, 1.54) is 0 Å². The molecule has 1 aromatic heterocycles. The smallest absolute Gasteiger partial charge is 0.298 e. The molecule has 1 aromatic carbocycles. The number of oxazole rings is 1. The second-order valence-electron chi connectivity index (χ2n) is 5.43. The Morgan fingerprint density at radius 3 is 2.36 bits per heavy atom. The highest BCUT2D eigenvalue weighted by atomic mass is 16.4. The Morgan fingerprint density at radius 1 is 1.14 bits per heavy atom. The number of carbonyl (C=O) groups excluding carboxylic acids is 1. The van der Waals surface area contributed by atoms with Crippen molar-refractivity contribution in [3.63, 3.8) is 0 Å². The van der Waals surface area contributed by atoms with Crippen LogP contribution >= 0.6 is 0 Å². The van der Waals surface area contributed by atoms with Crippen LogP contribution in [0.3, 0.4) is 0 Å². The fraction of sp³-hybridized carbons (Fsp3) is 0.529. The van der Waals surface area contributed by atoms with E-state index in [4.69, 9.17) is 4.42 Å². The summed E-state index contributed by atoms with van der Waals surface area (Å²) >= 11 is 0. The molecule has 0 radical (unpaired) electrons. The van der Waals surface area contributed by atoms with Gasteiger partial charge in [-0.3, -0.25) is 4.79 Å². The molecular weight excluding hydrogens is 278 g/mol. The Hall–Kier alpha value is -2.04. The molecule has 1 aliphatic rings. The van der Waals surface area contributed by atoms with Crippen LogP contribution in [0.2, 0.25) is 0 Å². The van der Waals surface area contributed by atoms with E-state index in [0.29, 0.717) is 6.01 Å². The maximum absolute atomic E-state index is 12.0. The van der Waals surface area contributed by atoms with Gasteiger partial charge >= 0.3 is 0 Å². The summed E-state index contributed by atoms with van der Waals surface area (Å²) in [7, 11) is 0. The van der Waals surface area contributed by atoms with E-state index in [1.807, 2.05) is 56.9 Å². The van der Waals surface area contributed by atoms with E-state index >= 15 is 0 Å². The van der Waals surface area contributed by atoms with Crippen LogP contribution in [-0.4, -0.2) is 42.0 Å². The molecule has 0 atom stereocenters. The molecule has 22 heavy (non-hydrogen) atoms. The lowest BCUT2D eigenvalue weighted by Gasteiger charge is -2.34. The number of hydrogen-bond acceptors (Lipinski definition) is 4. The lowest BCUT2D eigenvalue weighted by Crippen LogP contribution is -2.50. The molecular formula is C17H25N3O2. The quantitative estimate of drug-likeness (QED) is 0.855. The summed E-state index contributed by atoms with van der Waals surface area (Å²) < 4.78 is 5.76. The largest absolute Gasteiger partial charge is 0.423 e. The van der Waals surface area contributed by atoms with Crippen LogP contribution in [0.5, 0.6) is 0 Å². The highest BCUT2D eigenvalue weighted by molar-refractivity contribution is 5.78. The second kappa shape index (κ2) is 7.29. The minimum Gasteiger partial charge on any atom is -0.423 e. The van der Waals surface area contributed by atoms with Gasteiger partial charge in [-0.1, -0.05) is 39.8 Å². The first-order valence-electron chi connectivity index (χ1n) is 8.04. The van der Waals surface area contributed by atoms with Crippen molar-refractivity contribution in [1.29, 1.82) is 0 Å². The predicted octanol–water partition coefficient (Wildman–Crippen LogP) is 3.16. The zero-order valence-corrected chi connectivity index (χ0v) is 13.9. The molecule has 5 nitrogen and oxygen atoms in total. The van der Waals surface area contributed by atoms with Crippen molar-refractivity contribution in [2.45, 2.75) is 27.7 Å². The van der Waals surface area contributed by atoms with Crippen molar-refractivity contribution in [3.05, 3.63) is 24.3 Å². The zero-order chi connectivity index (χ0) is 16.1. The molecule has 0 unspecified atom stereocenters. The lowest BCUT2D eigenvalue weighted by atomic mass is 10.1. The molecule has 1 saturated heterocycles. The molecule has 0 saturated carbocycles. The van der Waals surface area contributed by atoms with Gasteiger partial charge < -0.3 is 14.2 Å². The first-order valence-corrected chi connectivity index (χ1v) is 8.04. The topological polar surface area (TPSA) is 49.6 Å². The average Bonchev–Trinajstić information content (AvgIpc) is 3.00. The van der Waals surface area contributed by atoms with Crippen LogP contribution in [-0.2, 0) is 4.79 Å². The van der Waals surface area contributed by atoms with Gasteiger partial charge in [0.05, 0.1) is 0 Å². The van der Waals surface area contributed by atoms with Crippen LogP contribution in [0.4, 0.5) is 6.01 Å². The van der Waals surface area contributed by atoms with Crippen molar-refractivity contribution in [1.82, 2.24) is 9.88 Å². The molecule has 1 amide bonds. The van der Waals surface area contributed by atoms with Crippen LogP contribution in [0, 0.1) is 5.92 Å². The van der Waals surface area contributed by atoms with Gasteiger partial charge in [0, 0.05) is 32.1 Å². The van der Waals surface area contributed by atoms with Crippen LogP contribution in [0.1, 0.15) is 27.7 Å². The van der Waals surface area contributed by atoms with E-state index in [0.717, 1.165) is 37.3 Å². The molecule has 3 rings (SSSR count). The van der Waals surface area contributed by atoms with Crippen LogP contribution in [0.15, 0.2) is 28.7 Å². The molecule has 0 bridgehead atoms. The minimum absolute atomic E-state index is 0.0610. The lowest BCUT2D eigenvalue weighted by molar-refractivity contribution is -0.134. The normalized spacial score (nSPS) is 15.0. The Morgan fingerprint density at radius 2 is 1.77 bits per heavy atom. The summed E-state index contributed by atoms with van der Waals surface area (Å²) in [5.41, 5.74) is 1.69. The van der Waals surface area contributed by atoms with Gasteiger partial charge in [0.1, 0.15) is 5.52 Å². The number of piperazine rings is 1. The van der Waals surface area contributed by atoms with Crippen LogP contribution < -0.4 is 4.90 Å². The van der Waals surface area contributed by atoms with Gasteiger partial charge in [-0.25, -0.2) is 0 Å². The summed E-state index contributed by atoms with van der Waals surface area (Å²) in [4.78, 5) is 20.5. The highest BCUT2D eigenvalue weighted by Crippen LogP contribution is 2.22. The van der Waals surface area contributed by atoms with Crippen molar-refractivity contribution in [2.24, 2.45) is 5.92 Å². The third-order valence-electron chi connectivity index (χ3n) is 3.64. The summed E-state index contributed by atoms with van der Waals surface area (Å²) in [5, 5.41) is 0. The SMILES string of the molecule is CC.CC(C)C(=O)N1CCN(c2nc3ccccc3o2)CC1. The second-order valence-corrected chi connectivity index (χ2v) is 5.43. The number of para-hydroxylation sites is 2. The first-order chi connectivity index (χ1) is 10.6. The average molecular weight is 303 g/mol. The van der Waals surface area contributed by atoms with Crippen molar-refractivity contribution >= 4 is 23.0 Å². The number of amides is 1. The van der Waals surface area contributed by atoms with E-state index < -0.39 is 0 Å². The molecule has 1 fully saturated rings. The number of carbonyl (C=O) groups is 1. The van der Waals surface area contributed by atoms with Gasteiger partial charge in [-0.15, -0.1) is 0 Å². The summed E-state index contributed by atoms with van der Waals surface area (Å²) in [5.74, 6) is 0.285. The molecule has 1 aliphatic heterocycles. The van der Waals surface area contributed by atoms with Gasteiger partial charge in [0.15, 0.2) is 5.58 Å². The summed E-state index contributed by atoms with van der Waals surface area (Å²) in [6.45, 7) is 10.9. The zero-order valence-electron chi connectivity index (χ0n) is 13.9. The molecule has 0 spiro atoms. The number of fused-ring (bicyclic) bond motifs is 1. The monoisotopic (exact) mass is 303 g/mol. The summed E-state index contributed by atoms with van der Waals surface area (Å²) in [6.07, 6.45) is 0. The van der Waals surface area contributed by atoms with E-state index in [2.05, 4.69) is 9.88 Å². The Labute approximate surface area is 131 Å². The van der Waals surface area contributed by atoms with Gasteiger partial charge in [0.25, 0.3) is 6.01 Å². The number of nitrogens with zero attached hydrogens (tertiary/aromatic N) is 3. The Kier molecular flexibility index (Phi) is 5.41. The van der Waals surface area contributed by atoms with E-state index in [1.54, 1.807) is 0 Å². The standard InChI is InChI=1S/C15H19N3O2.C2H6/c1-11(2)14(19)17-7-9-18(10-8-17)15-16-12-5-3-4-6-13(12)20-15;1-2/h3-6,11H,7-10H2,1-2H3;1-2H3. The maximum Gasteiger partial charge on any atom is 0.298 e. The Bertz CT molecular complexity index is 580. The van der Waals surface area contributed by atoms with Crippen molar-refractivity contribution in [2.75, 3.05) is 31.1 Å². The molecule has 0 N–H and O–H groups in total. The molecule has 2 aromatic rings. The number of rotatable bonds is 2. The number of anilines is 1. The Balaban J connectivity index is 0.000000847. The molecule has 0 aliphatic carbocycles. The third kappa shape index (κ3) is 3.40. The fourth-order valence-corrected chi connectivity index (χ4v) is 2.48. The van der Waals surface area contributed by atoms with E-state index in [9.17, 15) is 4.79 Å². The van der Waals surface area contributed by atoms with Crippen molar-refractivity contribution in [3.8, 4) is 0 Å². The fourth-order valence-electron chi connectivity index (χ4n) is 2.48. The predicted molar refractivity (Wildman–Crippen MR) is 89.0 cm³/mol. The van der Waals surface area contributed by atoms with Gasteiger partial charge in [-0.05, 0) is 12.1 Å². The molecule has 120 valence electrons. The molecule has 5 heteroatoms. The van der Waals surface area contributed by atoms with Gasteiger partial charge in [0.2, 0.25) is 5.91 Å². The molecule has 2 heterocycles. The third-order valence-corrected chi connectivity index (χ3v) is 3.64. The summed E-state index contributed by atoms with van der Waals surface area (Å²) in [6, 6.07) is 8.41. The van der Waals surface area contributed by atoms with E-state index in [-0.39, 0.29) is 11.8 Å².